The number of hydrazine groups is 1. The van der Waals surface area contributed by atoms with Crippen LogP contribution in [-0.4, -0.2) is 13.0 Å². The zero-order chi connectivity index (χ0) is 14.6. The van der Waals surface area contributed by atoms with Crippen molar-refractivity contribution in [3.8, 4) is 0 Å². The second-order valence-corrected chi connectivity index (χ2v) is 6.56. The summed E-state index contributed by atoms with van der Waals surface area (Å²) in [5.74, 6) is 0.00231. The zero-order valence-corrected chi connectivity index (χ0v) is 11.7. The fraction of sp³-hybridized carbons (Fsp3) is 0.0667. The third kappa shape index (κ3) is 1.84. The van der Waals surface area contributed by atoms with E-state index in [0.29, 0.717) is 0 Å². The second kappa shape index (κ2) is 4.09. The molecule has 1 aromatic rings. The molecule has 3 N–H and O–H groups in total. The van der Waals surface area contributed by atoms with E-state index in [1.807, 2.05) is 36.6 Å². The second-order valence-electron chi connectivity index (χ2n) is 5.14. The van der Waals surface area contributed by atoms with Crippen LogP contribution in [0.2, 0.25) is 0 Å². The number of benzene rings is 1. The van der Waals surface area contributed by atoms with Crippen LogP contribution < -0.4 is 21.3 Å². The molecule has 0 saturated heterocycles. The summed E-state index contributed by atoms with van der Waals surface area (Å²) in [5.41, 5.74) is 8.90. The number of hydrogen-bond donors (Lipinski definition) is 3. The smallest absolute Gasteiger partial charge is 0.294 e. The lowest BCUT2D eigenvalue weighted by Gasteiger charge is -2.27. The van der Waals surface area contributed by atoms with Gasteiger partial charge >= 0.3 is 0 Å². The molecule has 1 atom stereocenters. The molecule has 1 aromatic carbocycles. The third-order valence-electron chi connectivity index (χ3n) is 3.90. The lowest BCUT2D eigenvalue weighted by Crippen LogP contribution is -2.46. The van der Waals surface area contributed by atoms with Gasteiger partial charge in [-0.15, -0.1) is 0 Å². The van der Waals surface area contributed by atoms with Crippen molar-refractivity contribution in [3.05, 3.63) is 69.0 Å². The van der Waals surface area contributed by atoms with E-state index < -0.39 is 10.1 Å². The van der Waals surface area contributed by atoms with E-state index in [2.05, 4.69) is 10.9 Å². The molecule has 106 valence electrons. The first-order valence-electron chi connectivity index (χ1n) is 6.48. The van der Waals surface area contributed by atoms with Crippen LogP contribution in [0.25, 0.3) is 11.9 Å². The van der Waals surface area contributed by atoms with E-state index in [1.165, 1.54) is 12.2 Å². The fourth-order valence-corrected chi connectivity index (χ4v) is 3.52. The molecule has 2 aliphatic carbocycles. The summed E-state index contributed by atoms with van der Waals surface area (Å²) in [6, 6.07) is 6.04. The number of fused-ring (bicyclic) bond motifs is 2. The van der Waals surface area contributed by atoms with Gasteiger partial charge in [-0.2, -0.15) is 8.42 Å². The molecule has 21 heavy (non-hydrogen) atoms. The minimum Gasteiger partial charge on any atom is -0.308 e. The molecule has 0 fully saturated rings. The summed E-state index contributed by atoms with van der Waals surface area (Å²) < 4.78 is 31.8. The molecular weight excluding hydrogens is 288 g/mol. The van der Waals surface area contributed by atoms with Crippen LogP contribution in [0.15, 0.2) is 53.0 Å². The normalized spacial score (nSPS) is 22.0. The highest BCUT2D eigenvalue weighted by Crippen LogP contribution is 2.34. The Kier molecular flexibility index (Phi) is 2.42. The summed E-state index contributed by atoms with van der Waals surface area (Å²) in [5, 5.41) is 2.22. The molecule has 3 aliphatic rings. The van der Waals surface area contributed by atoms with Crippen molar-refractivity contribution < 1.29 is 13.0 Å². The van der Waals surface area contributed by atoms with Crippen LogP contribution in [0.1, 0.15) is 11.5 Å². The van der Waals surface area contributed by atoms with Crippen LogP contribution in [-0.2, 0) is 10.1 Å². The standard InChI is InChI=1S/C15H12N2O3S/c18-21(19,20)11-4-5-12-10(6-11)7-14-15-9(8-16-17-14)2-1-3-13(12)15/h1-8,12,16-17H,(H,18,19,20). The Hall–Kier alpha value is -2.31. The maximum absolute atomic E-state index is 11.3. The van der Waals surface area contributed by atoms with E-state index in [1.54, 1.807) is 0 Å². The van der Waals surface area contributed by atoms with E-state index in [-0.39, 0.29) is 10.8 Å². The first-order chi connectivity index (χ1) is 10.0. The average molecular weight is 300 g/mol. The first-order valence-corrected chi connectivity index (χ1v) is 7.92. The molecular formula is C15H12N2O3S. The molecule has 1 heterocycles. The predicted molar refractivity (Wildman–Crippen MR) is 79.4 cm³/mol. The quantitative estimate of drug-likeness (QED) is 0.637. The largest absolute Gasteiger partial charge is 0.308 e. The van der Waals surface area contributed by atoms with Gasteiger partial charge in [0, 0.05) is 22.6 Å². The van der Waals surface area contributed by atoms with E-state index in [0.717, 1.165) is 27.3 Å². The van der Waals surface area contributed by atoms with Crippen LogP contribution in [0.5, 0.6) is 0 Å². The monoisotopic (exact) mass is 300 g/mol. The van der Waals surface area contributed by atoms with Gasteiger partial charge in [-0.1, -0.05) is 24.3 Å². The number of allylic oxidation sites excluding steroid dienone is 4. The Morgan fingerprint density at radius 1 is 1.19 bits per heavy atom. The number of hydrogen-bond acceptors (Lipinski definition) is 4. The van der Waals surface area contributed by atoms with Crippen molar-refractivity contribution in [1.29, 1.82) is 0 Å². The lowest BCUT2D eigenvalue weighted by molar-refractivity contribution is 0.492. The maximum Gasteiger partial charge on any atom is 0.294 e. The summed E-state index contributed by atoms with van der Waals surface area (Å²) in [7, 11) is -4.19. The molecule has 0 aromatic heterocycles. The summed E-state index contributed by atoms with van der Waals surface area (Å²) in [4.78, 5) is -0.0828. The fourth-order valence-electron chi connectivity index (χ4n) is 2.99. The van der Waals surface area contributed by atoms with Gasteiger partial charge in [0.25, 0.3) is 10.1 Å². The van der Waals surface area contributed by atoms with Crippen LogP contribution in [0.4, 0.5) is 0 Å². The van der Waals surface area contributed by atoms with Gasteiger partial charge in [-0.3, -0.25) is 4.55 Å². The third-order valence-corrected chi connectivity index (χ3v) is 4.75. The molecule has 0 spiro atoms. The van der Waals surface area contributed by atoms with Crippen LogP contribution >= 0.6 is 0 Å². The molecule has 5 nitrogen and oxygen atoms in total. The van der Waals surface area contributed by atoms with Gasteiger partial charge in [0.15, 0.2) is 0 Å². The summed E-state index contributed by atoms with van der Waals surface area (Å²) in [6.45, 7) is 0. The molecule has 0 radical (unpaired) electrons. The average Bonchev–Trinajstić information content (AvgIpc) is 2.46. The Balaban J connectivity index is 2.01. The zero-order valence-electron chi connectivity index (χ0n) is 10.9. The number of rotatable bonds is 1. The predicted octanol–water partition coefficient (Wildman–Crippen LogP) is 0.00570. The van der Waals surface area contributed by atoms with Crippen LogP contribution in [0, 0.1) is 0 Å². The molecule has 1 aliphatic heterocycles. The van der Waals surface area contributed by atoms with Crippen molar-refractivity contribution in [1.82, 2.24) is 10.9 Å². The Morgan fingerprint density at radius 2 is 2.05 bits per heavy atom. The number of nitrogens with one attached hydrogen (secondary N) is 2. The molecule has 4 rings (SSSR count). The molecule has 0 bridgehead atoms. The van der Waals surface area contributed by atoms with Crippen molar-refractivity contribution >= 4 is 22.0 Å². The highest BCUT2D eigenvalue weighted by Gasteiger charge is 2.26. The van der Waals surface area contributed by atoms with Gasteiger partial charge in [-0.05, 0) is 29.4 Å². The van der Waals surface area contributed by atoms with Gasteiger partial charge in [-0.25, -0.2) is 0 Å². The minimum absolute atomic E-state index is 0.00231. The van der Waals surface area contributed by atoms with Crippen molar-refractivity contribution in [2.24, 2.45) is 0 Å². The molecule has 0 saturated carbocycles. The highest BCUT2D eigenvalue weighted by molar-refractivity contribution is 7.90. The van der Waals surface area contributed by atoms with E-state index >= 15 is 0 Å². The Morgan fingerprint density at radius 3 is 2.86 bits per heavy atom. The first kappa shape index (κ1) is 12.4. The minimum atomic E-state index is -4.19. The van der Waals surface area contributed by atoms with Gasteiger partial charge in [0.2, 0.25) is 0 Å². The van der Waals surface area contributed by atoms with E-state index in [9.17, 15) is 13.0 Å². The summed E-state index contributed by atoms with van der Waals surface area (Å²) >= 11 is 0. The SMILES string of the molecule is O=S(=O)(O)C1=CC2=CC3=c4c(cccc4=CNN3)C2C=C1. The van der Waals surface area contributed by atoms with Crippen molar-refractivity contribution in [2.75, 3.05) is 0 Å². The Bertz CT molecular complexity index is 969. The topological polar surface area (TPSA) is 78.4 Å². The lowest BCUT2D eigenvalue weighted by atomic mass is 9.82. The van der Waals surface area contributed by atoms with Crippen LogP contribution in [0.3, 0.4) is 0 Å². The van der Waals surface area contributed by atoms with E-state index in [4.69, 9.17) is 0 Å². The van der Waals surface area contributed by atoms with Gasteiger partial charge < -0.3 is 10.9 Å². The van der Waals surface area contributed by atoms with Crippen molar-refractivity contribution in [2.45, 2.75) is 5.92 Å². The molecule has 0 amide bonds. The molecule has 1 unspecified atom stereocenters. The summed E-state index contributed by atoms with van der Waals surface area (Å²) in [6.07, 6.45) is 8.59. The van der Waals surface area contributed by atoms with Gasteiger partial charge in [0.1, 0.15) is 0 Å². The molecule has 6 heteroatoms. The maximum atomic E-state index is 11.3. The highest BCUT2D eigenvalue weighted by atomic mass is 32.2. The van der Waals surface area contributed by atoms with Gasteiger partial charge in [0.05, 0.1) is 10.6 Å². The Labute approximate surface area is 121 Å². The van der Waals surface area contributed by atoms with Crippen molar-refractivity contribution in [3.63, 3.8) is 0 Å².